The van der Waals surface area contributed by atoms with Gasteiger partial charge in [0.05, 0.1) is 17.0 Å². The molecule has 90 valence electrons. The fraction of sp³-hybridized carbons (Fsp3) is 0.400. The zero-order chi connectivity index (χ0) is 12.4. The molecule has 16 heavy (non-hydrogen) atoms. The SMILES string of the molecule is CC(C)(CO)Nc1ccc(S(N)(=O)=O)cc1. The molecule has 5 nitrogen and oxygen atoms in total. The Morgan fingerprint density at radius 1 is 1.31 bits per heavy atom. The average molecular weight is 244 g/mol. The van der Waals surface area contributed by atoms with Gasteiger partial charge in [-0.2, -0.15) is 0 Å². The Labute approximate surface area is 95.3 Å². The van der Waals surface area contributed by atoms with Crippen molar-refractivity contribution in [3.05, 3.63) is 24.3 Å². The van der Waals surface area contributed by atoms with Crippen molar-refractivity contribution < 1.29 is 13.5 Å². The molecule has 0 saturated carbocycles. The number of nitrogens with two attached hydrogens (primary N) is 1. The molecule has 0 spiro atoms. The normalized spacial score (nSPS) is 12.5. The monoisotopic (exact) mass is 244 g/mol. The first-order valence-corrected chi connectivity index (χ1v) is 6.31. The van der Waals surface area contributed by atoms with E-state index in [9.17, 15) is 8.42 Å². The van der Waals surface area contributed by atoms with Gasteiger partial charge in [-0.25, -0.2) is 13.6 Å². The first-order valence-electron chi connectivity index (χ1n) is 4.76. The van der Waals surface area contributed by atoms with Crippen LogP contribution >= 0.6 is 0 Å². The maximum absolute atomic E-state index is 11.0. The van der Waals surface area contributed by atoms with Gasteiger partial charge in [-0.05, 0) is 38.1 Å². The number of aliphatic hydroxyl groups is 1. The van der Waals surface area contributed by atoms with Crippen molar-refractivity contribution in [1.29, 1.82) is 0 Å². The zero-order valence-electron chi connectivity index (χ0n) is 9.27. The molecule has 0 aromatic heterocycles. The van der Waals surface area contributed by atoms with Crippen LogP contribution in [-0.4, -0.2) is 25.7 Å². The van der Waals surface area contributed by atoms with E-state index in [1.165, 1.54) is 12.1 Å². The van der Waals surface area contributed by atoms with Gasteiger partial charge in [-0.1, -0.05) is 0 Å². The molecular weight excluding hydrogens is 228 g/mol. The molecule has 0 aliphatic heterocycles. The Hall–Kier alpha value is -1.11. The van der Waals surface area contributed by atoms with E-state index in [4.69, 9.17) is 10.2 Å². The largest absolute Gasteiger partial charge is 0.394 e. The van der Waals surface area contributed by atoms with Crippen molar-refractivity contribution >= 4 is 15.7 Å². The summed E-state index contributed by atoms with van der Waals surface area (Å²) in [6.45, 7) is 3.64. The van der Waals surface area contributed by atoms with Crippen LogP contribution < -0.4 is 10.5 Å². The highest BCUT2D eigenvalue weighted by atomic mass is 32.2. The lowest BCUT2D eigenvalue weighted by Crippen LogP contribution is -2.34. The molecule has 4 N–H and O–H groups in total. The molecule has 0 amide bonds. The number of sulfonamides is 1. The van der Waals surface area contributed by atoms with Gasteiger partial charge in [0.1, 0.15) is 0 Å². The van der Waals surface area contributed by atoms with E-state index in [0.717, 1.165) is 5.69 Å². The molecule has 0 aliphatic carbocycles. The lowest BCUT2D eigenvalue weighted by atomic mass is 10.1. The predicted octanol–water partition coefficient (Wildman–Crippen LogP) is 0.517. The van der Waals surface area contributed by atoms with Gasteiger partial charge < -0.3 is 10.4 Å². The number of anilines is 1. The quantitative estimate of drug-likeness (QED) is 0.719. The standard InChI is InChI=1S/C10H16N2O3S/c1-10(2,7-13)12-8-3-5-9(6-4-8)16(11,14)15/h3-6,12-13H,7H2,1-2H3,(H2,11,14,15). The summed E-state index contributed by atoms with van der Waals surface area (Å²) in [5.41, 5.74) is 0.273. The topological polar surface area (TPSA) is 92.4 Å². The summed E-state index contributed by atoms with van der Waals surface area (Å²) in [7, 11) is -3.65. The van der Waals surface area contributed by atoms with Gasteiger partial charge in [0.15, 0.2) is 0 Å². The van der Waals surface area contributed by atoms with Gasteiger partial charge in [-0.3, -0.25) is 0 Å². The Balaban J connectivity index is 2.89. The van der Waals surface area contributed by atoms with Crippen LogP contribution in [0.4, 0.5) is 5.69 Å². The minimum absolute atomic E-state index is 0.0239. The van der Waals surface area contributed by atoms with E-state index >= 15 is 0 Å². The molecule has 0 bridgehead atoms. The van der Waals surface area contributed by atoms with E-state index in [1.54, 1.807) is 12.1 Å². The molecule has 0 unspecified atom stereocenters. The van der Waals surface area contributed by atoms with Gasteiger partial charge in [0, 0.05) is 5.69 Å². The highest BCUT2D eigenvalue weighted by molar-refractivity contribution is 7.89. The van der Waals surface area contributed by atoms with E-state index in [2.05, 4.69) is 5.32 Å². The molecule has 0 atom stereocenters. The average Bonchev–Trinajstić information content (AvgIpc) is 2.16. The first-order chi connectivity index (χ1) is 7.24. The maximum atomic E-state index is 11.0. The summed E-state index contributed by atoms with van der Waals surface area (Å²) >= 11 is 0. The van der Waals surface area contributed by atoms with Gasteiger partial charge in [-0.15, -0.1) is 0 Å². The molecule has 0 aliphatic rings. The minimum Gasteiger partial charge on any atom is -0.394 e. The summed E-state index contributed by atoms with van der Waals surface area (Å²) in [5, 5.41) is 17.1. The van der Waals surface area contributed by atoms with Crippen LogP contribution in [0.5, 0.6) is 0 Å². The van der Waals surface area contributed by atoms with Gasteiger partial charge >= 0.3 is 0 Å². The highest BCUT2D eigenvalue weighted by Crippen LogP contribution is 2.17. The number of aliphatic hydroxyl groups excluding tert-OH is 1. The molecule has 1 aromatic carbocycles. The highest BCUT2D eigenvalue weighted by Gasteiger charge is 2.15. The fourth-order valence-electron chi connectivity index (χ4n) is 1.16. The van der Waals surface area contributed by atoms with Crippen LogP contribution in [0, 0.1) is 0 Å². The third-order valence-electron chi connectivity index (χ3n) is 2.06. The van der Waals surface area contributed by atoms with Crippen molar-refractivity contribution in [3.8, 4) is 0 Å². The summed E-state index contributed by atoms with van der Waals surface area (Å²) < 4.78 is 22.0. The van der Waals surface area contributed by atoms with E-state index < -0.39 is 15.6 Å². The van der Waals surface area contributed by atoms with Crippen LogP contribution in [-0.2, 0) is 10.0 Å². The van der Waals surface area contributed by atoms with E-state index in [-0.39, 0.29) is 11.5 Å². The Morgan fingerprint density at radius 3 is 2.19 bits per heavy atom. The van der Waals surface area contributed by atoms with Crippen LogP contribution in [0.15, 0.2) is 29.2 Å². The van der Waals surface area contributed by atoms with E-state index in [0.29, 0.717) is 0 Å². The smallest absolute Gasteiger partial charge is 0.238 e. The lowest BCUT2D eigenvalue weighted by Gasteiger charge is -2.24. The summed E-state index contributed by atoms with van der Waals surface area (Å²) in [6.07, 6.45) is 0. The van der Waals surface area contributed by atoms with Crippen molar-refractivity contribution in [3.63, 3.8) is 0 Å². The molecule has 0 fully saturated rings. The number of primary sulfonamides is 1. The Morgan fingerprint density at radius 2 is 1.81 bits per heavy atom. The summed E-state index contributed by atoms with van der Waals surface area (Å²) in [5.74, 6) is 0. The number of benzene rings is 1. The van der Waals surface area contributed by atoms with Crippen LogP contribution in [0.25, 0.3) is 0 Å². The second-order valence-electron chi connectivity index (χ2n) is 4.24. The van der Waals surface area contributed by atoms with Crippen LogP contribution in [0.3, 0.4) is 0 Å². The van der Waals surface area contributed by atoms with Crippen molar-refractivity contribution in [2.45, 2.75) is 24.3 Å². The maximum Gasteiger partial charge on any atom is 0.238 e. The van der Waals surface area contributed by atoms with Crippen molar-refractivity contribution in [1.82, 2.24) is 0 Å². The second kappa shape index (κ2) is 4.40. The van der Waals surface area contributed by atoms with Crippen LogP contribution in [0.1, 0.15) is 13.8 Å². The zero-order valence-corrected chi connectivity index (χ0v) is 10.1. The van der Waals surface area contributed by atoms with Gasteiger partial charge in [0.2, 0.25) is 10.0 Å². The van der Waals surface area contributed by atoms with Crippen LogP contribution in [0.2, 0.25) is 0 Å². The number of rotatable bonds is 4. The first kappa shape index (κ1) is 13.0. The molecule has 0 saturated heterocycles. The molecule has 6 heteroatoms. The molecule has 1 rings (SSSR count). The Bertz CT molecular complexity index is 451. The number of hydrogen-bond acceptors (Lipinski definition) is 4. The molecule has 1 aromatic rings. The fourth-order valence-corrected chi connectivity index (χ4v) is 1.67. The second-order valence-corrected chi connectivity index (χ2v) is 5.80. The number of hydrogen-bond donors (Lipinski definition) is 3. The third-order valence-corrected chi connectivity index (χ3v) is 2.99. The third kappa shape index (κ3) is 3.48. The molecular formula is C10H16N2O3S. The van der Waals surface area contributed by atoms with Gasteiger partial charge in [0.25, 0.3) is 0 Å². The molecule has 0 radical (unpaired) electrons. The van der Waals surface area contributed by atoms with Crippen molar-refractivity contribution in [2.75, 3.05) is 11.9 Å². The minimum atomic E-state index is -3.65. The summed E-state index contributed by atoms with van der Waals surface area (Å²) in [6, 6.07) is 6.06. The Kier molecular flexibility index (Phi) is 3.57. The number of nitrogens with one attached hydrogen (secondary N) is 1. The lowest BCUT2D eigenvalue weighted by molar-refractivity contribution is 0.234. The van der Waals surface area contributed by atoms with E-state index in [1.807, 2.05) is 13.8 Å². The molecule has 0 heterocycles. The summed E-state index contributed by atoms with van der Waals surface area (Å²) in [4.78, 5) is 0.0693. The van der Waals surface area contributed by atoms with Crippen molar-refractivity contribution in [2.24, 2.45) is 5.14 Å². The predicted molar refractivity (Wildman–Crippen MR) is 62.6 cm³/mol.